The standard InChI is InChI=1S/C29H51NO5/c1-2-3-4-5-6-7-8-9-10-11-12-13-14-18-21-30(22-24-19-16-15-17-20-24)23-25-26(31)27(32)28(33)29(34)35-25/h15-17,19-20,25-29,31-34H,2-14,18,21-23H2,1H3/t25-,26-,27+,28-,29-/m1/s1. The molecule has 6 nitrogen and oxygen atoms in total. The van der Waals surface area contributed by atoms with Crippen LogP contribution in [0.1, 0.15) is 102 Å². The Labute approximate surface area is 213 Å². The number of unbranched alkanes of at least 4 members (excludes halogenated alkanes) is 13. The summed E-state index contributed by atoms with van der Waals surface area (Å²) in [6.07, 6.45) is 12.1. The maximum atomic E-state index is 10.4. The highest BCUT2D eigenvalue weighted by Crippen LogP contribution is 2.22. The second-order valence-corrected chi connectivity index (χ2v) is 10.4. The molecule has 0 saturated carbocycles. The zero-order valence-corrected chi connectivity index (χ0v) is 21.9. The van der Waals surface area contributed by atoms with Crippen LogP contribution in [-0.4, -0.2) is 69.1 Å². The summed E-state index contributed by atoms with van der Waals surface area (Å²) in [5.41, 5.74) is 1.17. The molecule has 202 valence electrons. The molecule has 6 heteroatoms. The lowest BCUT2D eigenvalue weighted by Crippen LogP contribution is -2.60. The minimum atomic E-state index is -1.49. The topological polar surface area (TPSA) is 93.4 Å². The van der Waals surface area contributed by atoms with Gasteiger partial charge in [0.05, 0.1) is 0 Å². The van der Waals surface area contributed by atoms with E-state index in [1.165, 1.54) is 89.0 Å². The molecule has 4 N–H and O–H groups in total. The summed E-state index contributed by atoms with van der Waals surface area (Å²) in [4.78, 5) is 2.21. The van der Waals surface area contributed by atoms with Crippen molar-refractivity contribution in [1.29, 1.82) is 0 Å². The number of benzene rings is 1. The molecule has 0 radical (unpaired) electrons. The Morgan fingerprint density at radius 1 is 0.657 bits per heavy atom. The third-order valence-corrected chi connectivity index (χ3v) is 7.20. The summed E-state index contributed by atoms with van der Waals surface area (Å²) in [5, 5.41) is 40.0. The van der Waals surface area contributed by atoms with Gasteiger partial charge >= 0.3 is 0 Å². The van der Waals surface area contributed by atoms with E-state index in [0.29, 0.717) is 13.1 Å². The first-order chi connectivity index (χ1) is 17.0. The van der Waals surface area contributed by atoms with Gasteiger partial charge in [-0.15, -0.1) is 0 Å². The van der Waals surface area contributed by atoms with Gasteiger partial charge in [0.15, 0.2) is 6.29 Å². The molecular weight excluding hydrogens is 442 g/mol. The minimum absolute atomic E-state index is 0.384. The van der Waals surface area contributed by atoms with E-state index in [1.54, 1.807) is 0 Å². The molecule has 0 aromatic heterocycles. The van der Waals surface area contributed by atoms with Gasteiger partial charge in [-0.05, 0) is 18.5 Å². The first kappa shape index (κ1) is 30.2. The van der Waals surface area contributed by atoms with E-state index in [9.17, 15) is 20.4 Å². The fourth-order valence-electron chi connectivity index (χ4n) is 4.94. The van der Waals surface area contributed by atoms with Crippen LogP contribution in [0.5, 0.6) is 0 Å². The molecule has 1 aliphatic heterocycles. The van der Waals surface area contributed by atoms with Crippen molar-refractivity contribution in [1.82, 2.24) is 4.90 Å². The Bertz CT molecular complexity index is 631. The molecule has 1 fully saturated rings. The highest BCUT2D eigenvalue weighted by atomic mass is 16.6. The smallest absolute Gasteiger partial charge is 0.184 e. The van der Waals surface area contributed by atoms with Gasteiger partial charge in [-0.25, -0.2) is 0 Å². The fourth-order valence-corrected chi connectivity index (χ4v) is 4.94. The molecule has 0 unspecified atom stereocenters. The lowest BCUT2D eigenvalue weighted by molar-refractivity contribution is -0.283. The van der Waals surface area contributed by atoms with Gasteiger partial charge in [-0.3, -0.25) is 4.90 Å². The lowest BCUT2D eigenvalue weighted by Gasteiger charge is -2.40. The monoisotopic (exact) mass is 493 g/mol. The third kappa shape index (κ3) is 12.2. The number of ether oxygens (including phenoxy) is 1. The van der Waals surface area contributed by atoms with E-state index < -0.39 is 30.7 Å². The average Bonchev–Trinajstić information content (AvgIpc) is 2.86. The average molecular weight is 494 g/mol. The molecule has 35 heavy (non-hydrogen) atoms. The zero-order chi connectivity index (χ0) is 25.3. The highest BCUT2D eigenvalue weighted by Gasteiger charge is 2.43. The molecule has 0 amide bonds. The van der Waals surface area contributed by atoms with Crippen molar-refractivity contribution >= 4 is 0 Å². The van der Waals surface area contributed by atoms with Gasteiger partial charge in [0.2, 0.25) is 0 Å². The van der Waals surface area contributed by atoms with E-state index in [1.807, 2.05) is 18.2 Å². The highest BCUT2D eigenvalue weighted by molar-refractivity contribution is 5.14. The Kier molecular flexibility index (Phi) is 15.8. The predicted molar refractivity (Wildman–Crippen MR) is 141 cm³/mol. The van der Waals surface area contributed by atoms with Crippen LogP contribution < -0.4 is 0 Å². The van der Waals surface area contributed by atoms with Gasteiger partial charge in [-0.1, -0.05) is 121 Å². The number of hydrogen-bond acceptors (Lipinski definition) is 6. The Hall–Kier alpha value is -1.02. The van der Waals surface area contributed by atoms with Crippen molar-refractivity contribution in [2.45, 2.75) is 134 Å². The molecule has 1 heterocycles. The lowest BCUT2D eigenvalue weighted by atomic mass is 9.98. The largest absolute Gasteiger partial charge is 0.388 e. The SMILES string of the molecule is CCCCCCCCCCCCCCCCN(Cc1ccccc1)C[C@H]1O[C@@H](O)[C@H](O)[C@@H](O)[C@@H]1O. The summed E-state index contributed by atoms with van der Waals surface area (Å²) in [6.45, 7) is 4.22. The summed E-state index contributed by atoms with van der Waals surface area (Å²) < 4.78 is 5.43. The van der Waals surface area contributed by atoms with Crippen molar-refractivity contribution in [3.8, 4) is 0 Å². The quantitative estimate of drug-likeness (QED) is 0.208. The zero-order valence-electron chi connectivity index (χ0n) is 21.9. The molecule has 5 atom stereocenters. The second-order valence-electron chi connectivity index (χ2n) is 10.4. The Morgan fingerprint density at radius 3 is 1.71 bits per heavy atom. The number of aliphatic hydroxyl groups excluding tert-OH is 4. The molecule has 0 bridgehead atoms. The molecular formula is C29H51NO5. The van der Waals surface area contributed by atoms with E-state index in [2.05, 4.69) is 24.0 Å². The van der Waals surface area contributed by atoms with Crippen LogP contribution in [0.25, 0.3) is 0 Å². The van der Waals surface area contributed by atoms with E-state index in [4.69, 9.17) is 4.74 Å². The number of nitrogens with zero attached hydrogens (tertiary/aromatic N) is 1. The van der Waals surface area contributed by atoms with Crippen LogP contribution in [-0.2, 0) is 11.3 Å². The van der Waals surface area contributed by atoms with Crippen LogP contribution in [0.3, 0.4) is 0 Å². The van der Waals surface area contributed by atoms with Crippen molar-refractivity contribution in [3.63, 3.8) is 0 Å². The van der Waals surface area contributed by atoms with E-state index in [0.717, 1.165) is 13.0 Å². The molecule has 0 spiro atoms. The van der Waals surface area contributed by atoms with Crippen LogP contribution in [0.2, 0.25) is 0 Å². The molecule has 1 aromatic rings. The van der Waals surface area contributed by atoms with Gasteiger partial charge in [0, 0.05) is 13.1 Å². The summed E-state index contributed by atoms with van der Waals surface area (Å²) in [7, 11) is 0. The van der Waals surface area contributed by atoms with Crippen molar-refractivity contribution in [3.05, 3.63) is 35.9 Å². The summed E-state index contributed by atoms with van der Waals surface area (Å²) in [5.74, 6) is 0. The second kappa shape index (κ2) is 18.3. The maximum Gasteiger partial charge on any atom is 0.184 e. The first-order valence-corrected chi connectivity index (χ1v) is 14.2. The van der Waals surface area contributed by atoms with Crippen molar-refractivity contribution < 1.29 is 25.2 Å². The number of aliphatic hydroxyl groups is 4. The van der Waals surface area contributed by atoms with Crippen LogP contribution >= 0.6 is 0 Å². The minimum Gasteiger partial charge on any atom is -0.388 e. The first-order valence-electron chi connectivity index (χ1n) is 14.2. The molecule has 1 aromatic carbocycles. The molecule has 0 aliphatic carbocycles. The van der Waals surface area contributed by atoms with E-state index >= 15 is 0 Å². The van der Waals surface area contributed by atoms with Crippen molar-refractivity contribution in [2.24, 2.45) is 0 Å². The molecule has 1 aliphatic rings. The van der Waals surface area contributed by atoms with Gasteiger partial charge in [0.1, 0.15) is 24.4 Å². The third-order valence-electron chi connectivity index (χ3n) is 7.20. The normalized spacial score (nSPS) is 24.8. The fraction of sp³-hybridized carbons (Fsp3) is 0.793. The Morgan fingerprint density at radius 2 is 1.17 bits per heavy atom. The summed E-state index contributed by atoms with van der Waals surface area (Å²) >= 11 is 0. The summed E-state index contributed by atoms with van der Waals surface area (Å²) in [6, 6.07) is 10.2. The number of rotatable bonds is 19. The molecule has 2 rings (SSSR count). The maximum absolute atomic E-state index is 10.4. The van der Waals surface area contributed by atoms with Crippen LogP contribution in [0.4, 0.5) is 0 Å². The predicted octanol–water partition coefficient (Wildman–Crippen LogP) is 4.77. The Balaban J connectivity index is 1.63. The van der Waals surface area contributed by atoms with Gasteiger partial charge in [0.25, 0.3) is 0 Å². The number of hydrogen-bond donors (Lipinski definition) is 4. The van der Waals surface area contributed by atoms with Crippen LogP contribution in [0.15, 0.2) is 30.3 Å². The van der Waals surface area contributed by atoms with Crippen molar-refractivity contribution in [2.75, 3.05) is 13.1 Å². The van der Waals surface area contributed by atoms with Crippen LogP contribution in [0, 0.1) is 0 Å². The molecule has 1 saturated heterocycles. The van der Waals surface area contributed by atoms with Gasteiger partial charge < -0.3 is 25.2 Å². The van der Waals surface area contributed by atoms with Gasteiger partial charge in [-0.2, -0.15) is 0 Å². The van der Waals surface area contributed by atoms with E-state index in [-0.39, 0.29) is 0 Å².